The molecule has 0 saturated heterocycles. The molecule has 2 aliphatic rings. The van der Waals surface area contributed by atoms with Crippen LogP contribution in [0.5, 0.6) is 0 Å². The number of pyridine rings is 1. The second-order valence-electron chi connectivity index (χ2n) is 12.9. The Morgan fingerprint density at radius 1 is 0.565 bits per heavy atom. The van der Waals surface area contributed by atoms with E-state index in [9.17, 15) is 0 Å². The monoisotopic (exact) mass is 585 g/mol. The third-order valence-electron chi connectivity index (χ3n) is 10.6. The fourth-order valence-electron chi connectivity index (χ4n) is 8.48. The van der Waals surface area contributed by atoms with Gasteiger partial charge in [-0.25, -0.2) is 0 Å². The lowest BCUT2D eigenvalue weighted by atomic mass is 9.79. The summed E-state index contributed by atoms with van der Waals surface area (Å²) >= 11 is 0. The first kappa shape index (κ1) is 25.8. The Morgan fingerprint density at radius 2 is 1.28 bits per heavy atom. The van der Waals surface area contributed by atoms with Crippen molar-refractivity contribution in [2.24, 2.45) is 0 Å². The first-order valence-corrected chi connectivity index (χ1v) is 16.5. The molecule has 0 bridgehead atoms. The van der Waals surface area contributed by atoms with Crippen LogP contribution < -0.4 is 0 Å². The van der Waals surface area contributed by atoms with Crippen molar-refractivity contribution in [2.75, 3.05) is 0 Å². The standard InChI is InChI=1S/C45H31N/c1-2-27-12-7-15-36-40(24-28-10-3-5-13-31(28)43(27)36)30-19-20-33-38-22-21-34(35-16-8-17-37(44(35)38)41(33)26-30)42-25-29-11-4-6-14-32(29)45-39(42)18-9-23-46-45/h3-11,13-27H,2,12H2,1H3. The van der Waals surface area contributed by atoms with Crippen LogP contribution in [0.2, 0.25) is 0 Å². The van der Waals surface area contributed by atoms with Gasteiger partial charge in [0.2, 0.25) is 0 Å². The molecule has 46 heavy (non-hydrogen) atoms. The van der Waals surface area contributed by atoms with Gasteiger partial charge in [-0.3, -0.25) is 4.98 Å². The fourth-order valence-corrected chi connectivity index (χ4v) is 8.48. The maximum atomic E-state index is 4.85. The van der Waals surface area contributed by atoms with E-state index in [1.165, 1.54) is 93.3 Å². The topological polar surface area (TPSA) is 12.9 Å². The number of aromatic nitrogens is 1. The maximum Gasteiger partial charge on any atom is 0.0786 e. The molecule has 0 N–H and O–H groups in total. The molecule has 1 atom stereocenters. The Bertz CT molecular complexity index is 2600. The summed E-state index contributed by atoms with van der Waals surface area (Å²) in [6.45, 7) is 2.33. The molecule has 0 saturated carbocycles. The molecule has 7 aromatic carbocycles. The molecule has 8 aromatic rings. The molecule has 0 fully saturated rings. The van der Waals surface area contributed by atoms with Gasteiger partial charge in [0.15, 0.2) is 0 Å². The van der Waals surface area contributed by atoms with Crippen LogP contribution in [-0.4, -0.2) is 4.98 Å². The van der Waals surface area contributed by atoms with E-state index in [0.29, 0.717) is 5.92 Å². The Balaban J connectivity index is 1.19. The van der Waals surface area contributed by atoms with E-state index in [0.717, 1.165) is 18.4 Å². The maximum absolute atomic E-state index is 4.85. The van der Waals surface area contributed by atoms with Crippen LogP contribution in [-0.2, 0) is 0 Å². The molecule has 0 amide bonds. The Morgan fingerprint density at radius 3 is 2.17 bits per heavy atom. The Hall–Kier alpha value is -5.53. The summed E-state index contributed by atoms with van der Waals surface area (Å²) in [6.07, 6.45) is 8.93. The lowest BCUT2D eigenvalue weighted by Crippen LogP contribution is -2.05. The van der Waals surface area contributed by atoms with E-state index in [1.54, 1.807) is 0 Å². The van der Waals surface area contributed by atoms with Crippen LogP contribution in [0.1, 0.15) is 36.8 Å². The molecule has 0 aliphatic heterocycles. The number of benzene rings is 7. The van der Waals surface area contributed by atoms with Gasteiger partial charge < -0.3 is 0 Å². The summed E-state index contributed by atoms with van der Waals surface area (Å²) in [7, 11) is 0. The van der Waals surface area contributed by atoms with Crippen molar-refractivity contribution in [3.63, 3.8) is 0 Å². The minimum atomic E-state index is 0.553. The molecule has 1 aromatic heterocycles. The third-order valence-corrected chi connectivity index (χ3v) is 10.6. The molecule has 0 spiro atoms. The molecule has 1 unspecified atom stereocenters. The molecular weight excluding hydrogens is 555 g/mol. The zero-order valence-electron chi connectivity index (χ0n) is 25.7. The van der Waals surface area contributed by atoms with Crippen molar-refractivity contribution >= 4 is 49.3 Å². The molecule has 1 heteroatoms. The van der Waals surface area contributed by atoms with Crippen LogP contribution in [0, 0.1) is 0 Å². The third kappa shape index (κ3) is 3.54. The minimum Gasteiger partial charge on any atom is -0.256 e. The first-order valence-electron chi connectivity index (χ1n) is 16.5. The Kier molecular flexibility index (Phi) is 5.45. The summed E-state index contributed by atoms with van der Waals surface area (Å²) in [6, 6.07) is 45.3. The highest BCUT2D eigenvalue weighted by molar-refractivity contribution is 6.22. The van der Waals surface area contributed by atoms with E-state index in [-0.39, 0.29) is 0 Å². The summed E-state index contributed by atoms with van der Waals surface area (Å²) in [5.41, 5.74) is 14.4. The molecule has 1 heterocycles. The molecule has 216 valence electrons. The smallest absolute Gasteiger partial charge is 0.0786 e. The van der Waals surface area contributed by atoms with Crippen molar-refractivity contribution in [1.29, 1.82) is 0 Å². The number of hydrogen-bond donors (Lipinski definition) is 0. The van der Waals surface area contributed by atoms with E-state index in [2.05, 4.69) is 140 Å². The van der Waals surface area contributed by atoms with E-state index in [1.807, 2.05) is 6.20 Å². The van der Waals surface area contributed by atoms with Gasteiger partial charge in [-0.15, -0.1) is 0 Å². The first-order chi connectivity index (χ1) is 22.8. The number of allylic oxidation sites excluding steroid dienone is 1. The molecular formula is C45H31N. The lowest BCUT2D eigenvalue weighted by molar-refractivity contribution is 0.674. The van der Waals surface area contributed by atoms with Gasteiger partial charge in [-0.2, -0.15) is 0 Å². The van der Waals surface area contributed by atoms with Crippen molar-refractivity contribution < 1.29 is 0 Å². The highest BCUT2D eigenvalue weighted by Crippen LogP contribution is 2.52. The van der Waals surface area contributed by atoms with Gasteiger partial charge in [0.1, 0.15) is 0 Å². The number of nitrogens with zero attached hydrogens (tertiary/aromatic N) is 1. The number of rotatable bonds is 3. The SMILES string of the molecule is CCC1CC=Cc2c(-c3ccc4c(c3)-c3cccc5c(-c6cc7ccccc7c7ncccc67)ccc-4c35)cc3ccccc3c21. The van der Waals surface area contributed by atoms with Crippen molar-refractivity contribution in [3.8, 4) is 44.5 Å². The lowest BCUT2D eigenvalue weighted by Gasteiger charge is -2.25. The second-order valence-corrected chi connectivity index (χ2v) is 12.9. The average Bonchev–Trinajstić information content (AvgIpc) is 3.45. The molecule has 1 nitrogen and oxygen atoms in total. The van der Waals surface area contributed by atoms with Gasteiger partial charge >= 0.3 is 0 Å². The zero-order valence-corrected chi connectivity index (χ0v) is 25.7. The quantitative estimate of drug-likeness (QED) is 0.188. The van der Waals surface area contributed by atoms with Crippen LogP contribution in [0.25, 0.3) is 93.8 Å². The molecule has 10 rings (SSSR count). The molecule has 2 aliphatic carbocycles. The van der Waals surface area contributed by atoms with Crippen molar-refractivity contribution in [3.05, 3.63) is 145 Å². The van der Waals surface area contributed by atoms with Gasteiger partial charge in [0.05, 0.1) is 5.52 Å². The van der Waals surface area contributed by atoms with Gasteiger partial charge in [0.25, 0.3) is 0 Å². The van der Waals surface area contributed by atoms with E-state index in [4.69, 9.17) is 4.98 Å². The number of fused-ring (bicyclic) bond motifs is 9. The van der Waals surface area contributed by atoms with Crippen molar-refractivity contribution in [1.82, 2.24) is 4.98 Å². The normalized spacial score (nSPS) is 14.8. The summed E-state index contributed by atoms with van der Waals surface area (Å²) in [4.78, 5) is 4.85. The minimum absolute atomic E-state index is 0.553. The average molecular weight is 586 g/mol. The second kappa shape index (κ2) is 9.73. The molecule has 0 radical (unpaired) electrons. The van der Waals surface area contributed by atoms with Gasteiger partial charge in [0, 0.05) is 17.0 Å². The van der Waals surface area contributed by atoms with Crippen molar-refractivity contribution in [2.45, 2.75) is 25.7 Å². The highest BCUT2D eigenvalue weighted by atomic mass is 14.6. The van der Waals surface area contributed by atoms with Crippen LogP contribution in [0.15, 0.2) is 134 Å². The summed E-state index contributed by atoms with van der Waals surface area (Å²) < 4.78 is 0. The zero-order chi connectivity index (χ0) is 30.4. The van der Waals surface area contributed by atoms with Crippen LogP contribution >= 0.6 is 0 Å². The van der Waals surface area contributed by atoms with Crippen LogP contribution in [0.3, 0.4) is 0 Å². The number of hydrogen-bond acceptors (Lipinski definition) is 1. The fraction of sp³-hybridized carbons (Fsp3) is 0.0889. The largest absolute Gasteiger partial charge is 0.256 e. The van der Waals surface area contributed by atoms with Gasteiger partial charge in [-0.05, 0) is 126 Å². The van der Waals surface area contributed by atoms with E-state index < -0.39 is 0 Å². The van der Waals surface area contributed by atoms with E-state index >= 15 is 0 Å². The highest BCUT2D eigenvalue weighted by Gasteiger charge is 2.26. The predicted octanol–water partition coefficient (Wildman–Crippen LogP) is 12.6. The van der Waals surface area contributed by atoms with Crippen LogP contribution in [0.4, 0.5) is 0 Å². The summed E-state index contributed by atoms with van der Waals surface area (Å²) in [5.74, 6) is 0.553. The van der Waals surface area contributed by atoms with Gasteiger partial charge in [-0.1, -0.05) is 116 Å². The predicted molar refractivity (Wildman–Crippen MR) is 196 cm³/mol. The summed E-state index contributed by atoms with van der Waals surface area (Å²) in [5, 5.41) is 8.99. The Labute approximate surface area is 268 Å².